The zero-order valence-corrected chi connectivity index (χ0v) is 17.8. The number of oxazole rings is 1. The second kappa shape index (κ2) is 8.47. The number of sulfonamides is 1. The third-order valence-corrected chi connectivity index (χ3v) is 7.85. The van der Waals surface area contributed by atoms with E-state index in [1.54, 1.807) is 6.92 Å². The number of aromatic nitrogens is 1. The SMILES string of the molecule is Cc1oc(C2CCN(S(=O)(=O)c3ccccc3F)CC2)nc1C(=O)N1CCCCC1. The molecule has 2 fully saturated rings. The highest BCUT2D eigenvalue weighted by molar-refractivity contribution is 7.89. The van der Waals surface area contributed by atoms with Crippen LogP contribution in [0.25, 0.3) is 0 Å². The Hall–Kier alpha value is -2.26. The fraction of sp³-hybridized carbons (Fsp3) is 0.524. The molecule has 0 atom stereocenters. The van der Waals surface area contributed by atoms with Crippen LogP contribution in [0.1, 0.15) is 60.2 Å². The van der Waals surface area contributed by atoms with E-state index in [1.807, 2.05) is 4.90 Å². The second-order valence-corrected chi connectivity index (χ2v) is 9.82. The third-order valence-electron chi connectivity index (χ3n) is 5.92. The summed E-state index contributed by atoms with van der Waals surface area (Å²) in [7, 11) is -3.88. The van der Waals surface area contributed by atoms with Crippen molar-refractivity contribution in [2.45, 2.75) is 49.8 Å². The van der Waals surface area contributed by atoms with E-state index in [0.29, 0.717) is 30.2 Å². The molecular formula is C21H26FN3O4S. The number of benzene rings is 1. The number of nitrogens with zero attached hydrogens (tertiary/aromatic N) is 3. The van der Waals surface area contributed by atoms with Crippen LogP contribution in [0.4, 0.5) is 4.39 Å². The molecule has 2 aromatic rings. The number of rotatable bonds is 4. The maximum Gasteiger partial charge on any atom is 0.276 e. The second-order valence-electron chi connectivity index (χ2n) is 7.92. The van der Waals surface area contributed by atoms with Crippen LogP contribution < -0.4 is 0 Å². The van der Waals surface area contributed by atoms with Gasteiger partial charge in [0.25, 0.3) is 5.91 Å². The van der Waals surface area contributed by atoms with Crippen LogP contribution in [0.3, 0.4) is 0 Å². The Morgan fingerprint density at radius 2 is 1.77 bits per heavy atom. The number of carbonyl (C=O) groups excluding carboxylic acids is 1. The van der Waals surface area contributed by atoms with Gasteiger partial charge in [-0.25, -0.2) is 17.8 Å². The summed E-state index contributed by atoms with van der Waals surface area (Å²) in [5, 5.41) is 0. The molecule has 0 aliphatic carbocycles. The van der Waals surface area contributed by atoms with Gasteiger partial charge in [0.15, 0.2) is 11.6 Å². The summed E-state index contributed by atoms with van der Waals surface area (Å²) in [6.45, 7) is 3.72. The van der Waals surface area contributed by atoms with Gasteiger partial charge in [0.1, 0.15) is 16.5 Å². The third kappa shape index (κ3) is 4.00. The minimum absolute atomic E-state index is 0.0707. The molecule has 0 unspecified atom stereocenters. The maximum atomic E-state index is 14.0. The highest BCUT2D eigenvalue weighted by atomic mass is 32.2. The number of piperidine rings is 2. The van der Waals surface area contributed by atoms with Gasteiger partial charge in [0.05, 0.1) is 0 Å². The van der Waals surface area contributed by atoms with E-state index >= 15 is 0 Å². The molecule has 0 bridgehead atoms. The van der Waals surface area contributed by atoms with E-state index < -0.39 is 15.8 Å². The molecule has 4 rings (SSSR count). The molecular weight excluding hydrogens is 409 g/mol. The van der Waals surface area contributed by atoms with Crippen molar-refractivity contribution in [2.24, 2.45) is 0 Å². The number of halogens is 1. The van der Waals surface area contributed by atoms with Crippen molar-refractivity contribution in [1.29, 1.82) is 0 Å². The topological polar surface area (TPSA) is 83.7 Å². The number of amides is 1. The van der Waals surface area contributed by atoms with Gasteiger partial charge in [-0.05, 0) is 51.2 Å². The Kier molecular flexibility index (Phi) is 5.92. The van der Waals surface area contributed by atoms with E-state index in [9.17, 15) is 17.6 Å². The Balaban J connectivity index is 1.45. The molecule has 0 N–H and O–H groups in total. The van der Waals surface area contributed by atoms with Crippen LogP contribution in [0.2, 0.25) is 0 Å². The molecule has 0 radical (unpaired) electrons. The van der Waals surface area contributed by atoms with Gasteiger partial charge in [0.2, 0.25) is 10.0 Å². The lowest BCUT2D eigenvalue weighted by molar-refractivity contribution is 0.0717. The van der Waals surface area contributed by atoms with Crippen molar-refractivity contribution in [3.05, 3.63) is 47.4 Å². The number of hydrogen-bond acceptors (Lipinski definition) is 5. The number of aryl methyl sites for hydroxylation is 1. The lowest BCUT2D eigenvalue weighted by Gasteiger charge is -2.29. The molecule has 1 aromatic heterocycles. The fourth-order valence-electron chi connectivity index (χ4n) is 4.17. The molecule has 9 heteroatoms. The molecule has 1 aromatic carbocycles. The Morgan fingerprint density at radius 1 is 1.10 bits per heavy atom. The van der Waals surface area contributed by atoms with Gasteiger partial charge in [-0.3, -0.25) is 4.79 Å². The van der Waals surface area contributed by atoms with Gasteiger partial charge >= 0.3 is 0 Å². The van der Waals surface area contributed by atoms with Crippen molar-refractivity contribution in [3.63, 3.8) is 0 Å². The van der Waals surface area contributed by atoms with Crippen LogP contribution in [0.15, 0.2) is 33.6 Å². The first-order chi connectivity index (χ1) is 14.4. The monoisotopic (exact) mass is 435 g/mol. The summed E-state index contributed by atoms with van der Waals surface area (Å²) in [4.78, 5) is 18.8. The highest BCUT2D eigenvalue weighted by Gasteiger charge is 2.34. The quantitative estimate of drug-likeness (QED) is 0.736. The van der Waals surface area contributed by atoms with Crippen LogP contribution >= 0.6 is 0 Å². The average molecular weight is 436 g/mol. The van der Waals surface area contributed by atoms with Crippen molar-refractivity contribution in [1.82, 2.24) is 14.2 Å². The van der Waals surface area contributed by atoms with Crippen LogP contribution in [-0.4, -0.2) is 54.7 Å². The van der Waals surface area contributed by atoms with Crippen LogP contribution in [0.5, 0.6) is 0 Å². The normalized spacial score (nSPS) is 19.2. The molecule has 2 saturated heterocycles. The smallest absolute Gasteiger partial charge is 0.276 e. The summed E-state index contributed by atoms with van der Waals surface area (Å²) >= 11 is 0. The lowest BCUT2D eigenvalue weighted by Crippen LogP contribution is -2.38. The first-order valence-electron chi connectivity index (χ1n) is 10.4. The highest BCUT2D eigenvalue weighted by Crippen LogP contribution is 2.32. The molecule has 0 spiro atoms. The molecule has 3 heterocycles. The largest absolute Gasteiger partial charge is 0.445 e. The molecule has 1 amide bonds. The average Bonchev–Trinajstić information content (AvgIpc) is 3.15. The van der Waals surface area contributed by atoms with E-state index in [0.717, 1.165) is 38.4 Å². The van der Waals surface area contributed by atoms with Crippen molar-refractivity contribution in [2.75, 3.05) is 26.2 Å². The Bertz CT molecular complexity index is 1020. The first-order valence-corrected chi connectivity index (χ1v) is 11.8. The zero-order chi connectivity index (χ0) is 21.3. The zero-order valence-electron chi connectivity index (χ0n) is 17.0. The summed E-state index contributed by atoms with van der Waals surface area (Å²) < 4.78 is 46.6. The summed E-state index contributed by atoms with van der Waals surface area (Å²) in [5.74, 6) is 0.0713. The minimum atomic E-state index is -3.88. The summed E-state index contributed by atoms with van der Waals surface area (Å²) in [5.41, 5.74) is 0.355. The molecule has 2 aliphatic heterocycles. The van der Waals surface area contributed by atoms with Crippen molar-refractivity contribution in [3.8, 4) is 0 Å². The van der Waals surface area contributed by atoms with Gasteiger partial charge in [-0.1, -0.05) is 12.1 Å². The van der Waals surface area contributed by atoms with Crippen LogP contribution in [-0.2, 0) is 10.0 Å². The molecule has 162 valence electrons. The standard InChI is InChI=1S/C21H26FN3O4S/c1-15-19(21(26)24-11-5-2-6-12-24)23-20(29-15)16-9-13-25(14-10-16)30(27,28)18-8-4-3-7-17(18)22/h3-4,7-8,16H,2,5-6,9-14H2,1H3. The number of likely N-dealkylation sites (tertiary alicyclic amines) is 1. The lowest BCUT2D eigenvalue weighted by atomic mass is 9.98. The fourth-order valence-corrected chi connectivity index (χ4v) is 5.71. The summed E-state index contributed by atoms with van der Waals surface area (Å²) in [6.07, 6.45) is 4.16. The van der Waals surface area contributed by atoms with Crippen molar-refractivity contribution >= 4 is 15.9 Å². The Morgan fingerprint density at radius 3 is 2.43 bits per heavy atom. The number of hydrogen-bond donors (Lipinski definition) is 0. The molecule has 2 aliphatic rings. The summed E-state index contributed by atoms with van der Waals surface area (Å²) in [6, 6.07) is 5.41. The van der Waals surface area contributed by atoms with Gasteiger partial charge in [-0.2, -0.15) is 4.31 Å². The van der Waals surface area contributed by atoms with Gasteiger partial charge in [0, 0.05) is 32.1 Å². The molecule has 30 heavy (non-hydrogen) atoms. The predicted octanol–water partition coefficient (Wildman–Crippen LogP) is 3.32. The molecule has 7 nitrogen and oxygen atoms in total. The van der Waals surface area contributed by atoms with Gasteiger partial charge < -0.3 is 9.32 Å². The number of carbonyl (C=O) groups is 1. The van der Waals surface area contributed by atoms with E-state index in [2.05, 4.69) is 4.98 Å². The van der Waals surface area contributed by atoms with E-state index in [1.165, 1.54) is 22.5 Å². The maximum absolute atomic E-state index is 14.0. The van der Waals surface area contributed by atoms with Crippen molar-refractivity contribution < 1.29 is 22.0 Å². The van der Waals surface area contributed by atoms with E-state index in [4.69, 9.17) is 4.42 Å². The minimum Gasteiger partial charge on any atom is -0.445 e. The van der Waals surface area contributed by atoms with Crippen LogP contribution in [0, 0.1) is 12.7 Å². The Labute approximate surface area is 175 Å². The van der Waals surface area contributed by atoms with E-state index in [-0.39, 0.29) is 29.8 Å². The molecule has 0 saturated carbocycles. The van der Waals surface area contributed by atoms with Gasteiger partial charge in [-0.15, -0.1) is 0 Å². The first kappa shape index (κ1) is 21.0. The predicted molar refractivity (Wildman–Crippen MR) is 108 cm³/mol.